The summed E-state index contributed by atoms with van der Waals surface area (Å²) in [4.78, 5) is 0. The lowest BCUT2D eigenvalue weighted by atomic mass is 10.0. The molecular formula is C12H20ClNO. The van der Waals surface area contributed by atoms with Gasteiger partial charge in [0, 0.05) is 6.04 Å². The van der Waals surface area contributed by atoms with Gasteiger partial charge < -0.3 is 10.8 Å². The third-order valence-electron chi connectivity index (χ3n) is 2.36. The number of phenols is 1. The van der Waals surface area contributed by atoms with Crippen molar-refractivity contribution in [2.75, 3.05) is 0 Å². The molecule has 0 aliphatic heterocycles. The summed E-state index contributed by atoms with van der Waals surface area (Å²) in [6.45, 7) is 2.17. The van der Waals surface area contributed by atoms with E-state index in [-0.39, 0.29) is 18.4 Å². The number of aromatic hydroxyl groups is 1. The summed E-state index contributed by atoms with van der Waals surface area (Å²) in [5.74, 6) is 0.316. The zero-order valence-electron chi connectivity index (χ0n) is 9.15. The lowest BCUT2D eigenvalue weighted by Crippen LogP contribution is -2.22. The Morgan fingerprint density at radius 3 is 2.40 bits per heavy atom. The van der Waals surface area contributed by atoms with E-state index < -0.39 is 0 Å². The van der Waals surface area contributed by atoms with Gasteiger partial charge in [0.2, 0.25) is 0 Å². The average Bonchev–Trinajstić information content (AvgIpc) is 2.18. The van der Waals surface area contributed by atoms with Gasteiger partial charge in [-0.1, -0.05) is 31.9 Å². The minimum absolute atomic E-state index is 0. The zero-order valence-corrected chi connectivity index (χ0v) is 9.96. The minimum Gasteiger partial charge on any atom is -0.508 e. The van der Waals surface area contributed by atoms with Gasteiger partial charge in [-0.05, 0) is 30.5 Å². The van der Waals surface area contributed by atoms with E-state index in [0.29, 0.717) is 5.75 Å². The molecule has 0 fully saturated rings. The number of hydrogen-bond donors (Lipinski definition) is 2. The summed E-state index contributed by atoms with van der Waals surface area (Å²) in [5, 5.41) is 9.10. The molecule has 1 aromatic rings. The van der Waals surface area contributed by atoms with E-state index in [0.717, 1.165) is 12.8 Å². The van der Waals surface area contributed by atoms with Crippen LogP contribution in [0, 0.1) is 0 Å². The first kappa shape index (κ1) is 14.3. The Morgan fingerprint density at radius 2 is 1.87 bits per heavy atom. The van der Waals surface area contributed by atoms with Gasteiger partial charge in [-0.15, -0.1) is 12.4 Å². The molecule has 0 saturated carbocycles. The fourth-order valence-electron chi connectivity index (χ4n) is 1.50. The van der Waals surface area contributed by atoms with Crippen molar-refractivity contribution in [3.05, 3.63) is 29.8 Å². The van der Waals surface area contributed by atoms with Crippen LogP contribution >= 0.6 is 12.4 Å². The Kier molecular flexibility index (Phi) is 7.18. The van der Waals surface area contributed by atoms with Crippen molar-refractivity contribution in [1.82, 2.24) is 0 Å². The van der Waals surface area contributed by atoms with Crippen molar-refractivity contribution in [2.45, 2.75) is 38.6 Å². The molecule has 0 heterocycles. The smallest absolute Gasteiger partial charge is 0.115 e. The molecule has 0 saturated heterocycles. The second-order valence-electron chi connectivity index (χ2n) is 3.77. The second kappa shape index (κ2) is 7.55. The number of benzene rings is 1. The van der Waals surface area contributed by atoms with Crippen LogP contribution in [0.1, 0.15) is 31.7 Å². The average molecular weight is 230 g/mol. The van der Waals surface area contributed by atoms with Gasteiger partial charge in [-0.2, -0.15) is 0 Å². The molecule has 0 aliphatic carbocycles. The van der Waals surface area contributed by atoms with Crippen LogP contribution in [0.15, 0.2) is 24.3 Å². The van der Waals surface area contributed by atoms with Crippen molar-refractivity contribution >= 4 is 12.4 Å². The van der Waals surface area contributed by atoms with Crippen LogP contribution in [0.5, 0.6) is 5.75 Å². The normalized spacial score (nSPS) is 11.9. The molecule has 86 valence electrons. The van der Waals surface area contributed by atoms with E-state index in [1.54, 1.807) is 12.1 Å². The number of phenolic OH excluding ortho intramolecular Hbond substituents is 1. The highest BCUT2D eigenvalue weighted by molar-refractivity contribution is 5.85. The van der Waals surface area contributed by atoms with Gasteiger partial charge in [0.25, 0.3) is 0 Å². The summed E-state index contributed by atoms with van der Waals surface area (Å²) in [5.41, 5.74) is 7.17. The number of nitrogens with two attached hydrogens (primary N) is 1. The highest BCUT2D eigenvalue weighted by atomic mass is 35.5. The van der Waals surface area contributed by atoms with Crippen LogP contribution in [0.3, 0.4) is 0 Å². The molecule has 3 N–H and O–H groups in total. The Hall–Kier alpha value is -0.730. The molecule has 3 heteroatoms. The molecule has 1 rings (SSSR count). The summed E-state index contributed by atoms with van der Waals surface area (Å²) >= 11 is 0. The van der Waals surface area contributed by atoms with Crippen molar-refractivity contribution in [3.8, 4) is 5.75 Å². The molecule has 0 bridgehead atoms. The lowest BCUT2D eigenvalue weighted by Gasteiger charge is -2.10. The molecule has 15 heavy (non-hydrogen) atoms. The maximum Gasteiger partial charge on any atom is 0.115 e. The highest BCUT2D eigenvalue weighted by Crippen LogP contribution is 2.12. The Bertz CT molecular complexity index is 261. The molecule has 1 aromatic carbocycles. The molecule has 1 atom stereocenters. The first-order valence-electron chi connectivity index (χ1n) is 5.26. The SMILES string of the molecule is CCCCC(N)Cc1ccc(O)cc1.Cl. The van der Waals surface area contributed by atoms with Gasteiger partial charge in [0.05, 0.1) is 0 Å². The van der Waals surface area contributed by atoms with E-state index >= 15 is 0 Å². The van der Waals surface area contributed by atoms with Crippen LogP contribution in [0.2, 0.25) is 0 Å². The van der Waals surface area contributed by atoms with Gasteiger partial charge in [-0.25, -0.2) is 0 Å². The first-order valence-corrected chi connectivity index (χ1v) is 5.26. The quantitative estimate of drug-likeness (QED) is 0.816. The first-order chi connectivity index (χ1) is 6.72. The van der Waals surface area contributed by atoms with E-state index in [9.17, 15) is 0 Å². The molecule has 2 nitrogen and oxygen atoms in total. The van der Waals surface area contributed by atoms with Crippen LogP contribution in [-0.4, -0.2) is 11.1 Å². The molecule has 0 aliphatic rings. The standard InChI is InChI=1S/C12H19NO.ClH/c1-2-3-4-11(13)9-10-5-7-12(14)8-6-10;/h5-8,11,14H,2-4,9,13H2,1H3;1H. The Labute approximate surface area is 97.9 Å². The van der Waals surface area contributed by atoms with E-state index in [4.69, 9.17) is 10.8 Å². The molecule has 0 radical (unpaired) electrons. The number of halogens is 1. The van der Waals surface area contributed by atoms with Crippen LogP contribution < -0.4 is 5.73 Å². The van der Waals surface area contributed by atoms with E-state index in [2.05, 4.69) is 6.92 Å². The fraction of sp³-hybridized carbons (Fsp3) is 0.500. The monoisotopic (exact) mass is 229 g/mol. The van der Waals surface area contributed by atoms with Gasteiger partial charge in [0.1, 0.15) is 5.75 Å². The summed E-state index contributed by atoms with van der Waals surface area (Å²) in [6.07, 6.45) is 4.38. The van der Waals surface area contributed by atoms with Crippen LogP contribution in [0.25, 0.3) is 0 Å². The fourth-order valence-corrected chi connectivity index (χ4v) is 1.50. The summed E-state index contributed by atoms with van der Waals surface area (Å²) in [7, 11) is 0. The predicted molar refractivity (Wildman–Crippen MR) is 66.6 cm³/mol. The second-order valence-corrected chi connectivity index (χ2v) is 3.77. The van der Waals surface area contributed by atoms with E-state index in [1.807, 2.05) is 12.1 Å². The maximum absolute atomic E-state index is 9.10. The summed E-state index contributed by atoms with van der Waals surface area (Å²) < 4.78 is 0. The molecular weight excluding hydrogens is 210 g/mol. The largest absolute Gasteiger partial charge is 0.508 e. The molecule has 0 aromatic heterocycles. The molecule has 0 spiro atoms. The Morgan fingerprint density at radius 1 is 1.27 bits per heavy atom. The Balaban J connectivity index is 0.00000196. The third kappa shape index (κ3) is 5.65. The van der Waals surface area contributed by atoms with Crippen molar-refractivity contribution in [2.24, 2.45) is 5.73 Å². The zero-order chi connectivity index (χ0) is 10.4. The lowest BCUT2D eigenvalue weighted by molar-refractivity contribution is 0.475. The number of unbranched alkanes of at least 4 members (excludes halogenated alkanes) is 1. The molecule has 0 amide bonds. The van der Waals surface area contributed by atoms with Crippen LogP contribution in [-0.2, 0) is 6.42 Å². The van der Waals surface area contributed by atoms with Crippen molar-refractivity contribution < 1.29 is 5.11 Å². The van der Waals surface area contributed by atoms with Gasteiger partial charge in [-0.3, -0.25) is 0 Å². The topological polar surface area (TPSA) is 46.2 Å². The number of rotatable bonds is 5. The summed E-state index contributed by atoms with van der Waals surface area (Å²) in [6, 6.07) is 7.53. The van der Waals surface area contributed by atoms with Crippen LogP contribution in [0.4, 0.5) is 0 Å². The molecule has 1 unspecified atom stereocenters. The van der Waals surface area contributed by atoms with Gasteiger partial charge in [0.15, 0.2) is 0 Å². The third-order valence-corrected chi connectivity index (χ3v) is 2.36. The van der Waals surface area contributed by atoms with Crippen molar-refractivity contribution in [3.63, 3.8) is 0 Å². The van der Waals surface area contributed by atoms with Gasteiger partial charge >= 0.3 is 0 Å². The van der Waals surface area contributed by atoms with E-state index in [1.165, 1.54) is 18.4 Å². The maximum atomic E-state index is 9.10. The van der Waals surface area contributed by atoms with Crippen molar-refractivity contribution in [1.29, 1.82) is 0 Å². The highest BCUT2D eigenvalue weighted by Gasteiger charge is 2.03. The predicted octanol–water partition coefficient (Wildman–Crippen LogP) is 2.87. The minimum atomic E-state index is 0. The number of hydrogen-bond acceptors (Lipinski definition) is 2.